The van der Waals surface area contributed by atoms with Crippen LogP contribution in [-0.2, 0) is 4.79 Å². The summed E-state index contributed by atoms with van der Waals surface area (Å²) in [4.78, 5) is 29.4. The number of piperidine rings is 1. The second-order valence-corrected chi connectivity index (χ2v) is 6.09. The number of nitrogens with one attached hydrogen (secondary N) is 1. The molecule has 1 saturated heterocycles. The predicted octanol–water partition coefficient (Wildman–Crippen LogP) is 2.19. The smallest absolute Gasteiger partial charge is 0.303 e. The fourth-order valence-corrected chi connectivity index (χ4v) is 3.17. The fraction of sp³-hybridized carbons (Fsp3) is 0.412. The van der Waals surface area contributed by atoms with E-state index < -0.39 is 5.97 Å². The summed E-state index contributed by atoms with van der Waals surface area (Å²) in [5.74, 6) is -0.598. The van der Waals surface area contributed by atoms with Crippen LogP contribution in [0.15, 0.2) is 30.7 Å². The first-order valence-electron chi connectivity index (χ1n) is 8.10. The van der Waals surface area contributed by atoms with Crippen molar-refractivity contribution in [2.45, 2.75) is 25.7 Å². The fourth-order valence-electron chi connectivity index (χ4n) is 3.17. The van der Waals surface area contributed by atoms with Gasteiger partial charge in [-0.2, -0.15) is 5.10 Å². The second-order valence-electron chi connectivity index (χ2n) is 6.09. The predicted molar refractivity (Wildman–Crippen MR) is 87.3 cm³/mol. The van der Waals surface area contributed by atoms with Crippen LogP contribution in [-0.4, -0.2) is 50.2 Å². The largest absolute Gasteiger partial charge is 0.481 e. The SMILES string of the molecule is O=C(O)CCC1CCCN(C(=O)c2cn[nH]c2-c2ccncc2)C1. The lowest BCUT2D eigenvalue weighted by Gasteiger charge is -2.32. The molecular formula is C17H20N4O3. The number of likely N-dealkylation sites (tertiary alicyclic amines) is 1. The van der Waals surface area contributed by atoms with E-state index in [1.165, 1.54) is 0 Å². The Bertz CT molecular complexity index is 714. The third-order valence-corrected chi connectivity index (χ3v) is 4.41. The Labute approximate surface area is 139 Å². The number of H-pyrrole nitrogens is 1. The summed E-state index contributed by atoms with van der Waals surface area (Å²) >= 11 is 0. The molecule has 1 fully saturated rings. The van der Waals surface area contributed by atoms with Crippen molar-refractivity contribution in [3.8, 4) is 11.3 Å². The minimum Gasteiger partial charge on any atom is -0.481 e. The Morgan fingerprint density at radius 1 is 1.33 bits per heavy atom. The maximum atomic E-state index is 12.9. The highest BCUT2D eigenvalue weighted by atomic mass is 16.4. The third-order valence-electron chi connectivity index (χ3n) is 4.41. The van der Waals surface area contributed by atoms with Gasteiger partial charge in [0.1, 0.15) is 0 Å². The van der Waals surface area contributed by atoms with Crippen molar-refractivity contribution in [1.82, 2.24) is 20.1 Å². The lowest BCUT2D eigenvalue weighted by molar-refractivity contribution is -0.137. The number of carboxylic acids is 1. The Morgan fingerprint density at radius 2 is 2.12 bits per heavy atom. The lowest BCUT2D eigenvalue weighted by atomic mass is 9.93. The summed E-state index contributed by atoms with van der Waals surface area (Å²) in [5.41, 5.74) is 2.10. The normalized spacial score (nSPS) is 17.7. The molecule has 1 atom stereocenters. The zero-order chi connectivity index (χ0) is 16.9. The molecule has 1 unspecified atom stereocenters. The molecule has 2 aromatic heterocycles. The molecule has 1 aliphatic heterocycles. The van der Waals surface area contributed by atoms with Crippen molar-refractivity contribution < 1.29 is 14.7 Å². The van der Waals surface area contributed by atoms with Gasteiger partial charge in [-0.3, -0.25) is 19.7 Å². The van der Waals surface area contributed by atoms with Crippen LogP contribution in [0, 0.1) is 5.92 Å². The Kier molecular flexibility index (Phi) is 4.88. The summed E-state index contributed by atoms with van der Waals surface area (Å²) in [5, 5.41) is 15.7. The molecule has 2 aromatic rings. The molecule has 0 saturated carbocycles. The number of carboxylic acid groups (broad SMARTS) is 1. The molecule has 2 N–H and O–H groups in total. The van der Waals surface area contributed by atoms with Crippen molar-refractivity contribution in [3.05, 3.63) is 36.3 Å². The van der Waals surface area contributed by atoms with Crippen molar-refractivity contribution in [1.29, 1.82) is 0 Å². The zero-order valence-electron chi connectivity index (χ0n) is 13.3. The van der Waals surface area contributed by atoms with E-state index in [-0.39, 0.29) is 18.2 Å². The van der Waals surface area contributed by atoms with Gasteiger partial charge < -0.3 is 10.0 Å². The van der Waals surface area contributed by atoms with Crippen molar-refractivity contribution in [2.24, 2.45) is 5.92 Å². The highest BCUT2D eigenvalue weighted by molar-refractivity contribution is 5.99. The molecule has 7 heteroatoms. The lowest BCUT2D eigenvalue weighted by Crippen LogP contribution is -2.40. The van der Waals surface area contributed by atoms with Crippen LogP contribution in [0.1, 0.15) is 36.0 Å². The topological polar surface area (TPSA) is 99.2 Å². The maximum absolute atomic E-state index is 12.9. The molecule has 0 radical (unpaired) electrons. The Hall–Kier alpha value is -2.70. The summed E-state index contributed by atoms with van der Waals surface area (Å²) in [6.45, 7) is 1.30. The van der Waals surface area contributed by atoms with E-state index in [0.717, 1.165) is 18.4 Å². The van der Waals surface area contributed by atoms with Gasteiger partial charge in [0.25, 0.3) is 5.91 Å². The molecule has 1 amide bonds. The minimum atomic E-state index is -0.784. The standard InChI is InChI=1S/C17H20N4O3/c22-15(23)4-3-12-2-1-9-21(11-12)17(24)14-10-19-20-16(14)13-5-7-18-8-6-13/h5-8,10,12H,1-4,9,11H2,(H,19,20)(H,22,23). The first kappa shape index (κ1) is 16.2. The molecular weight excluding hydrogens is 308 g/mol. The number of aliphatic carboxylic acids is 1. The number of aromatic amines is 1. The Balaban J connectivity index is 1.73. The van der Waals surface area contributed by atoms with Gasteiger partial charge in [-0.05, 0) is 37.3 Å². The van der Waals surface area contributed by atoms with Gasteiger partial charge in [0.05, 0.1) is 17.5 Å². The van der Waals surface area contributed by atoms with Crippen LogP contribution >= 0.6 is 0 Å². The van der Waals surface area contributed by atoms with E-state index in [4.69, 9.17) is 5.11 Å². The highest BCUT2D eigenvalue weighted by Gasteiger charge is 2.27. The molecule has 126 valence electrons. The monoisotopic (exact) mass is 328 g/mol. The van der Waals surface area contributed by atoms with Gasteiger partial charge in [-0.1, -0.05) is 0 Å². The van der Waals surface area contributed by atoms with Crippen LogP contribution < -0.4 is 0 Å². The molecule has 0 bridgehead atoms. The molecule has 0 spiro atoms. The van der Waals surface area contributed by atoms with E-state index in [2.05, 4.69) is 15.2 Å². The van der Waals surface area contributed by atoms with Crippen molar-refractivity contribution >= 4 is 11.9 Å². The average molecular weight is 328 g/mol. The quantitative estimate of drug-likeness (QED) is 0.876. The zero-order valence-corrected chi connectivity index (χ0v) is 13.3. The van der Waals surface area contributed by atoms with Crippen LogP contribution in [0.4, 0.5) is 0 Å². The number of rotatable bonds is 5. The van der Waals surface area contributed by atoms with Gasteiger partial charge in [0, 0.05) is 37.5 Å². The van der Waals surface area contributed by atoms with E-state index >= 15 is 0 Å². The van der Waals surface area contributed by atoms with Gasteiger partial charge in [0.15, 0.2) is 0 Å². The van der Waals surface area contributed by atoms with Crippen molar-refractivity contribution in [2.75, 3.05) is 13.1 Å². The van der Waals surface area contributed by atoms with Gasteiger partial charge in [0.2, 0.25) is 0 Å². The number of aromatic nitrogens is 3. The first-order valence-corrected chi connectivity index (χ1v) is 8.10. The Morgan fingerprint density at radius 3 is 2.88 bits per heavy atom. The molecule has 0 aromatic carbocycles. The molecule has 1 aliphatic rings. The molecule has 24 heavy (non-hydrogen) atoms. The number of carbonyl (C=O) groups excluding carboxylic acids is 1. The van der Waals surface area contributed by atoms with Crippen molar-refractivity contribution in [3.63, 3.8) is 0 Å². The summed E-state index contributed by atoms with van der Waals surface area (Å²) in [7, 11) is 0. The molecule has 7 nitrogen and oxygen atoms in total. The maximum Gasteiger partial charge on any atom is 0.303 e. The van der Waals surface area contributed by atoms with Gasteiger partial charge in [-0.15, -0.1) is 0 Å². The number of carbonyl (C=O) groups is 2. The average Bonchev–Trinajstić information content (AvgIpc) is 3.10. The highest BCUT2D eigenvalue weighted by Crippen LogP contribution is 2.26. The molecule has 3 rings (SSSR count). The van der Waals surface area contributed by atoms with E-state index in [0.29, 0.717) is 30.8 Å². The number of pyridine rings is 1. The summed E-state index contributed by atoms with van der Waals surface area (Å²) in [6, 6.07) is 3.66. The van der Waals surface area contributed by atoms with Gasteiger partial charge >= 0.3 is 5.97 Å². The van der Waals surface area contributed by atoms with Gasteiger partial charge in [-0.25, -0.2) is 0 Å². The van der Waals surface area contributed by atoms with Crippen LogP contribution in [0.3, 0.4) is 0 Å². The van der Waals surface area contributed by atoms with Crippen LogP contribution in [0.5, 0.6) is 0 Å². The number of hydrogen-bond donors (Lipinski definition) is 2. The summed E-state index contributed by atoms with van der Waals surface area (Å²) < 4.78 is 0. The molecule has 3 heterocycles. The minimum absolute atomic E-state index is 0.0596. The first-order chi connectivity index (χ1) is 11.6. The van der Waals surface area contributed by atoms with E-state index in [1.54, 1.807) is 18.6 Å². The third kappa shape index (κ3) is 3.61. The van der Waals surface area contributed by atoms with E-state index in [1.807, 2.05) is 17.0 Å². The molecule has 0 aliphatic carbocycles. The van der Waals surface area contributed by atoms with Crippen LogP contribution in [0.2, 0.25) is 0 Å². The number of hydrogen-bond acceptors (Lipinski definition) is 4. The van der Waals surface area contributed by atoms with Crippen LogP contribution in [0.25, 0.3) is 11.3 Å². The number of amides is 1. The second kappa shape index (κ2) is 7.25. The number of nitrogens with zero attached hydrogens (tertiary/aromatic N) is 3. The van der Waals surface area contributed by atoms with E-state index in [9.17, 15) is 9.59 Å². The summed E-state index contributed by atoms with van der Waals surface area (Å²) in [6.07, 6.45) is 7.54.